The molecule has 1 nitrogen and oxygen atoms in total. The van der Waals surface area contributed by atoms with Gasteiger partial charge in [0.15, 0.2) is 0 Å². The molecule has 0 amide bonds. The van der Waals surface area contributed by atoms with Crippen LogP contribution in [0.1, 0.15) is 0 Å². The third-order valence-corrected chi connectivity index (χ3v) is 3.80. The molecule has 2 aromatic rings. The van der Waals surface area contributed by atoms with Gasteiger partial charge in [0.1, 0.15) is 5.75 Å². The molecule has 2 rings (SSSR count). The monoisotopic (exact) mass is 260 g/mol. The summed E-state index contributed by atoms with van der Waals surface area (Å²) in [5.41, 5.74) is 0. The van der Waals surface area contributed by atoms with Crippen molar-refractivity contribution in [1.82, 2.24) is 0 Å². The van der Waals surface area contributed by atoms with E-state index in [1.165, 1.54) is 0 Å². The Morgan fingerprint density at radius 2 is 2.17 bits per heavy atom. The van der Waals surface area contributed by atoms with Crippen LogP contribution in [-0.2, 0) is 0 Å². The number of halogens is 1. The molecule has 62 valence electrons. The molecule has 1 aromatic heterocycles. The molecular weight excluding hydrogens is 256 g/mol. The van der Waals surface area contributed by atoms with Crippen LogP contribution in [-0.4, -0.2) is 5.11 Å². The van der Waals surface area contributed by atoms with E-state index in [1.807, 2.05) is 6.07 Å². The number of thiol groups is 1. The molecule has 1 heterocycles. The third kappa shape index (κ3) is 1.24. The molecule has 1 N–H and O–H groups in total. The molecule has 0 aliphatic heterocycles. The summed E-state index contributed by atoms with van der Waals surface area (Å²) >= 11 is 9.23. The smallest absolute Gasteiger partial charge is 0.124 e. The third-order valence-electron chi connectivity index (χ3n) is 1.61. The van der Waals surface area contributed by atoms with E-state index < -0.39 is 0 Å². The van der Waals surface area contributed by atoms with E-state index in [9.17, 15) is 5.11 Å². The van der Waals surface area contributed by atoms with Crippen LogP contribution in [0, 0.1) is 0 Å². The Kier molecular flexibility index (Phi) is 2.06. The van der Waals surface area contributed by atoms with Crippen LogP contribution < -0.4 is 0 Å². The fourth-order valence-corrected chi connectivity index (χ4v) is 2.93. The molecule has 0 aliphatic rings. The molecule has 12 heavy (non-hydrogen) atoms. The Morgan fingerprint density at radius 3 is 2.83 bits per heavy atom. The van der Waals surface area contributed by atoms with Gasteiger partial charge < -0.3 is 5.11 Å². The summed E-state index contributed by atoms with van der Waals surface area (Å²) in [7, 11) is 0. The lowest BCUT2D eigenvalue weighted by Crippen LogP contribution is -1.67. The van der Waals surface area contributed by atoms with Crippen LogP contribution in [0.4, 0.5) is 0 Å². The molecule has 0 fully saturated rings. The molecule has 0 spiro atoms. The van der Waals surface area contributed by atoms with Crippen LogP contribution in [0.2, 0.25) is 0 Å². The summed E-state index contributed by atoms with van der Waals surface area (Å²) in [4.78, 5) is 0.901. The summed E-state index contributed by atoms with van der Waals surface area (Å²) in [6.07, 6.45) is 0. The van der Waals surface area contributed by atoms with Gasteiger partial charge >= 0.3 is 0 Å². The van der Waals surface area contributed by atoms with Crippen molar-refractivity contribution in [3.05, 3.63) is 22.0 Å². The maximum atomic E-state index is 9.46. The predicted molar refractivity (Wildman–Crippen MR) is 58.4 cm³/mol. The highest BCUT2D eigenvalue weighted by Crippen LogP contribution is 2.38. The number of phenols is 1. The second-order valence-electron chi connectivity index (χ2n) is 2.40. The molecule has 4 heteroatoms. The Morgan fingerprint density at radius 1 is 1.42 bits per heavy atom. The largest absolute Gasteiger partial charge is 0.507 e. The van der Waals surface area contributed by atoms with E-state index in [0.717, 1.165) is 18.8 Å². The van der Waals surface area contributed by atoms with Gasteiger partial charge in [-0.1, -0.05) is 0 Å². The topological polar surface area (TPSA) is 20.2 Å². The Labute approximate surface area is 87.6 Å². The Balaban J connectivity index is 2.93. The minimum Gasteiger partial charge on any atom is -0.507 e. The minimum absolute atomic E-state index is 0.310. The highest BCUT2D eigenvalue weighted by atomic mass is 79.9. The quantitative estimate of drug-likeness (QED) is 0.693. The van der Waals surface area contributed by atoms with Gasteiger partial charge in [0.05, 0.1) is 8.49 Å². The van der Waals surface area contributed by atoms with E-state index in [2.05, 4.69) is 28.6 Å². The molecule has 0 saturated carbocycles. The molecule has 0 saturated heterocycles. The summed E-state index contributed by atoms with van der Waals surface area (Å²) in [5, 5.41) is 10.3. The first-order valence-electron chi connectivity index (χ1n) is 3.28. The van der Waals surface area contributed by atoms with E-state index in [0.29, 0.717) is 5.75 Å². The van der Waals surface area contributed by atoms with Gasteiger partial charge in [-0.3, -0.25) is 0 Å². The van der Waals surface area contributed by atoms with Gasteiger partial charge in [-0.25, -0.2) is 0 Å². The molecule has 0 aliphatic carbocycles. The lowest BCUT2D eigenvalue weighted by molar-refractivity contribution is 0.481. The average Bonchev–Trinajstić information content (AvgIpc) is 2.41. The van der Waals surface area contributed by atoms with Crippen molar-refractivity contribution >= 4 is 50.0 Å². The zero-order chi connectivity index (χ0) is 8.72. The molecule has 0 unspecified atom stereocenters. The van der Waals surface area contributed by atoms with Gasteiger partial charge in [0.2, 0.25) is 0 Å². The van der Waals surface area contributed by atoms with E-state index in [1.54, 1.807) is 23.5 Å². The van der Waals surface area contributed by atoms with E-state index in [-0.39, 0.29) is 0 Å². The maximum Gasteiger partial charge on any atom is 0.124 e. The van der Waals surface area contributed by atoms with Gasteiger partial charge in [-0.05, 0) is 34.1 Å². The van der Waals surface area contributed by atoms with Crippen LogP contribution in [0.5, 0.6) is 5.75 Å². The highest BCUT2D eigenvalue weighted by molar-refractivity contribution is 9.11. The van der Waals surface area contributed by atoms with Crippen molar-refractivity contribution in [3.8, 4) is 5.75 Å². The second-order valence-corrected chi connectivity index (χ2v) is 5.31. The van der Waals surface area contributed by atoms with Crippen LogP contribution in [0.25, 0.3) is 10.1 Å². The van der Waals surface area contributed by atoms with Crippen LogP contribution >= 0.6 is 39.9 Å². The van der Waals surface area contributed by atoms with Gasteiger partial charge in [-0.2, -0.15) is 0 Å². The zero-order valence-corrected chi connectivity index (χ0v) is 9.21. The van der Waals surface area contributed by atoms with Crippen molar-refractivity contribution < 1.29 is 5.11 Å². The zero-order valence-electron chi connectivity index (χ0n) is 5.91. The van der Waals surface area contributed by atoms with E-state index >= 15 is 0 Å². The number of thiophene rings is 1. The maximum absolute atomic E-state index is 9.46. The number of benzene rings is 1. The highest BCUT2D eigenvalue weighted by Gasteiger charge is 2.06. The summed E-state index contributed by atoms with van der Waals surface area (Å²) in [6.45, 7) is 0. The predicted octanol–water partition coefficient (Wildman–Crippen LogP) is 3.66. The van der Waals surface area contributed by atoms with Gasteiger partial charge in [0.25, 0.3) is 0 Å². The molecule has 1 aromatic carbocycles. The fraction of sp³-hybridized carbons (Fsp3) is 0. The first kappa shape index (κ1) is 8.41. The van der Waals surface area contributed by atoms with Gasteiger partial charge in [0, 0.05) is 10.3 Å². The number of fused-ring (bicyclic) bond motifs is 1. The Bertz CT molecular complexity index is 397. The van der Waals surface area contributed by atoms with Crippen molar-refractivity contribution in [2.45, 2.75) is 4.90 Å². The van der Waals surface area contributed by atoms with Crippen molar-refractivity contribution in [1.29, 1.82) is 0 Å². The summed E-state index contributed by atoms with van der Waals surface area (Å²) in [6, 6.07) is 5.35. The number of hydrogen-bond acceptors (Lipinski definition) is 3. The SMILES string of the molecule is Oc1ccc(S)c2sc(Br)cc12. The number of rotatable bonds is 0. The summed E-state index contributed by atoms with van der Waals surface area (Å²) < 4.78 is 2.03. The van der Waals surface area contributed by atoms with Crippen molar-refractivity contribution in [2.24, 2.45) is 0 Å². The second kappa shape index (κ2) is 2.94. The average molecular weight is 261 g/mol. The molecule has 0 radical (unpaired) electrons. The van der Waals surface area contributed by atoms with Crippen LogP contribution in [0.3, 0.4) is 0 Å². The molecule has 0 bridgehead atoms. The van der Waals surface area contributed by atoms with Crippen molar-refractivity contribution in [3.63, 3.8) is 0 Å². The number of hydrogen-bond donors (Lipinski definition) is 2. The fourth-order valence-electron chi connectivity index (χ4n) is 1.06. The standard InChI is InChI=1S/C8H5BrOS2/c9-7-3-4-5(10)1-2-6(11)8(4)12-7/h1-3,10-11H. The molecular formula is C8H5BrOS2. The Hall–Kier alpha value is -0.190. The summed E-state index contributed by atoms with van der Waals surface area (Å²) in [5.74, 6) is 0.310. The molecule has 0 atom stereocenters. The first-order valence-corrected chi connectivity index (χ1v) is 5.34. The number of phenolic OH excluding ortho intramolecular Hbond substituents is 1. The number of aromatic hydroxyl groups is 1. The first-order chi connectivity index (χ1) is 5.68. The van der Waals surface area contributed by atoms with E-state index in [4.69, 9.17) is 0 Å². The van der Waals surface area contributed by atoms with Crippen molar-refractivity contribution in [2.75, 3.05) is 0 Å². The lowest BCUT2D eigenvalue weighted by Gasteiger charge is -1.95. The minimum atomic E-state index is 0.310. The lowest BCUT2D eigenvalue weighted by atomic mass is 10.2. The van der Waals surface area contributed by atoms with Crippen LogP contribution in [0.15, 0.2) is 26.9 Å². The van der Waals surface area contributed by atoms with Gasteiger partial charge in [-0.15, -0.1) is 24.0 Å². The normalized spacial score (nSPS) is 10.8.